The largest absolute Gasteiger partial charge is 0.344 e. The average Bonchev–Trinajstić information content (AvgIpc) is 3.15. The van der Waals surface area contributed by atoms with Gasteiger partial charge in [0.05, 0.1) is 18.3 Å². The van der Waals surface area contributed by atoms with Gasteiger partial charge in [0.15, 0.2) is 5.54 Å². The highest BCUT2D eigenvalue weighted by molar-refractivity contribution is 5.95. The molecule has 3 rings (SSSR count). The van der Waals surface area contributed by atoms with Crippen LogP contribution in [0.1, 0.15) is 47.4 Å². The quantitative estimate of drug-likeness (QED) is 0.936. The smallest absolute Gasteiger partial charge is 0.252 e. The minimum Gasteiger partial charge on any atom is -0.344 e. The van der Waals surface area contributed by atoms with Crippen molar-refractivity contribution in [1.29, 1.82) is 5.26 Å². The van der Waals surface area contributed by atoms with Crippen LogP contribution < -0.4 is 5.32 Å². The lowest BCUT2D eigenvalue weighted by atomic mass is 10.1. The first-order valence-corrected chi connectivity index (χ1v) is 7.26. The summed E-state index contributed by atoms with van der Waals surface area (Å²) in [6.07, 6.45) is 3.35. The number of hydrogen-bond donors (Lipinski definition) is 1. The Balaban J connectivity index is 1.73. The Labute approximate surface area is 128 Å². The average molecular weight is 295 g/mol. The van der Waals surface area contributed by atoms with E-state index in [1.54, 1.807) is 16.9 Å². The summed E-state index contributed by atoms with van der Waals surface area (Å²) in [6, 6.07) is 9.44. The summed E-state index contributed by atoms with van der Waals surface area (Å²) in [6.45, 7) is 3.76. The summed E-state index contributed by atoms with van der Waals surface area (Å²) in [5.41, 5.74) is 1.71. The molecule has 1 aromatic carbocycles. The lowest BCUT2D eigenvalue weighted by Gasteiger charge is -2.12. The van der Waals surface area contributed by atoms with Crippen molar-refractivity contribution in [3.8, 4) is 6.07 Å². The zero-order valence-corrected chi connectivity index (χ0v) is 12.6. The van der Waals surface area contributed by atoms with E-state index < -0.39 is 5.54 Å². The van der Waals surface area contributed by atoms with Crippen molar-refractivity contribution in [2.24, 2.45) is 0 Å². The van der Waals surface area contributed by atoms with Crippen molar-refractivity contribution in [2.45, 2.75) is 38.3 Å². The number of carbonyl (C=O) groups is 1. The molecule has 0 spiro atoms. The van der Waals surface area contributed by atoms with Gasteiger partial charge in [-0.3, -0.25) is 4.79 Å². The molecule has 1 saturated carbocycles. The molecule has 1 atom stereocenters. The maximum atomic E-state index is 12.3. The molecule has 0 bridgehead atoms. The second kappa shape index (κ2) is 5.26. The van der Waals surface area contributed by atoms with E-state index in [1.165, 1.54) is 0 Å². The molecule has 0 aliphatic heterocycles. The number of benzene rings is 1. The van der Waals surface area contributed by atoms with E-state index in [-0.39, 0.29) is 11.9 Å². The summed E-state index contributed by atoms with van der Waals surface area (Å²) >= 11 is 0. The second-order valence-corrected chi connectivity index (χ2v) is 5.74. The molecule has 2 aromatic rings. The lowest BCUT2D eigenvalue weighted by molar-refractivity contribution is 0.0938. The Kier molecular flexibility index (Phi) is 3.41. The molecule has 1 N–H and O–H groups in total. The van der Waals surface area contributed by atoms with Gasteiger partial charge in [-0.15, -0.1) is 5.10 Å². The van der Waals surface area contributed by atoms with Crippen LogP contribution in [0.15, 0.2) is 30.5 Å². The van der Waals surface area contributed by atoms with Crippen LogP contribution in [0.5, 0.6) is 0 Å². The summed E-state index contributed by atoms with van der Waals surface area (Å²) in [5.74, 6) is -0.137. The van der Waals surface area contributed by atoms with Crippen molar-refractivity contribution in [3.63, 3.8) is 0 Å². The van der Waals surface area contributed by atoms with Gasteiger partial charge in [0.2, 0.25) is 0 Å². The Morgan fingerprint density at radius 2 is 2.18 bits per heavy atom. The van der Waals surface area contributed by atoms with Gasteiger partial charge in [-0.25, -0.2) is 4.68 Å². The Hall–Kier alpha value is -2.68. The van der Waals surface area contributed by atoms with Gasteiger partial charge in [0.25, 0.3) is 5.91 Å². The first kappa shape index (κ1) is 14.3. The summed E-state index contributed by atoms with van der Waals surface area (Å²) < 4.78 is 1.61. The fraction of sp³-hybridized carbons (Fsp3) is 0.375. The van der Waals surface area contributed by atoms with Crippen LogP contribution >= 0.6 is 0 Å². The van der Waals surface area contributed by atoms with Gasteiger partial charge in [-0.1, -0.05) is 23.4 Å². The molecular weight excluding hydrogens is 278 g/mol. The highest BCUT2D eigenvalue weighted by Crippen LogP contribution is 2.42. The summed E-state index contributed by atoms with van der Waals surface area (Å²) in [5, 5.41) is 20.2. The molecule has 1 aliphatic carbocycles. The van der Waals surface area contributed by atoms with Crippen LogP contribution in [0, 0.1) is 18.3 Å². The minimum absolute atomic E-state index is 0.137. The molecule has 1 aromatic heterocycles. The first-order chi connectivity index (χ1) is 10.6. The fourth-order valence-electron chi connectivity index (χ4n) is 2.37. The Bertz CT molecular complexity index is 754. The molecule has 0 saturated heterocycles. The van der Waals surface area contributed by atoms with Crippen molar-refractivity contribution < 1.29 is 4.79 Å². The number of hydrogen-bond acceptors (Lipinski definition) is 4. The van der Waals surface area contributed by atoms with E-state index in [2.05, 4.69) is 21.7 Å². The van der Waals surface area contributed by atoms with Crippen LogP contribution in [-0.2, 0) is 5.54 Å². The van der Waals surface area contributed by atoms with Crippen molar-refractivity contribution >= 4 is 5.91 Å². The third kappa shape index (κ3) is 2.46. The van der Waals surface area contributed by atoms with Gasteiger partial charge in [-0.2, -0.15) is 5.26 Å². The summed E-state index contributed by atoms with van der Waals surface area (Å²) in [7, 11) is 0. The van der Waals surface area contributed by atoms with Gasteiger partial charge >= 0.3 is 0 Å². The monoisotopic (exact) mass is 295 g/mol. The molecule has 0 unspecified atom stereocenters. The summed E-state index contributed by atoms with van der Waals surface area (Å²) in [4.78, 5) is 12.3. The number of aryl methyl sites for hydroxylation is 1. The number of nitriles is 1. The Morgan fingerprint density at radius 1 is 1.45 bits per heavy atom. The maximum Gasteiger partial charge on any atom is 0.252 e. The van der Waals surface area contributed by atoms with E-state index in [9.17, 15) is 10.1 Å². The predicted octanol–water partition coefficient (Wildman–Crippen LogP) is 2.09. The normalized spacial score (nSPS) is 16.6. The van der Waals surface area contributed by atoms with Gasteiger partial charge in [0.1, 0.15) is 5.69 Å². The van der Waals surface area contributed by atoms with Gasteiger partial charge in [-0.05, 0) is 38.3 Å². The molecule has 6 heteroatoms. The molecule has 1 fully saturated rings. The van der Waals surface area contributed by atoms with E-state index in [0.717, 1.165) is 18.4 Å². The molecule has 0 radical (unpaired) electrons. The van der Waals surface area contributed by atoms with Crippen molar-refractivity contribution in [2.75, 3.05) is 0 Å². The van der Waals surface area contributed by atoms with Crippen LogP contribution in [0.25, 0.3) is 0 Å². The zero-order valence-electron chi connectivity index (χ0n) is 12.6. The van der Waals surface area contributed by atoms with E-state index in [1.807, 2.05) is 32.0 Å². The van der Waals surface area contributed by atoms with E-state index in [4.69, 9.17) is 0 Å². The number of nitrogens with one attached hydrogen (secondary N) is 1. The molecule has 1 aliphatic rings. The topological polar surface area (TPSA) is 83.6 Å². The molecule has 22 heavy (non-hydrogen) atoms. The van der Waals surface area contributed by atoms with Crippen LogP contribution in [0.3, 0.4) is 0 Å². The molecule has 1 amide bonds. The van der Waals surface area contributed by atoms with Crippen molar-refractivity contribution in [1.82, 2.24) is 20.3 Å². The predicted molar refractivity (Wildman–Crippen MR) is 79.9 cm³/mol. The third-order valence-corrected chi connectivity index (χ3v) is 4.06. The second-order valence-electron chi connectivity index (χ2n) is 5.74. The highest BCUT2D eigenvalue weighted by atomic mass is 16.1. The number of amides is 1. The zero-order chi connectivity index (χ0) is 15.7. The molecule has 112 valence electrons. The molecule has 6 nitrogen and oxygen atoms in total. The fourth-order valence-corrected chi connectivity index (χ4v) is 2.37. The van der Waals surface area contributed by atoms with Crippen molar-refractivity contribution in [3.05, 3.63) is 47.3 Å². The SMILES string of the molecule is Cc1ccccc1C(=O)N[C@@H](C)c1cn(C2(C#N)CC2)nn1. The molecule has 1 heterocycles. The minimum atomic E-state index is -0.523. The maximum absolute atomic E-state index is 12.3. The number of rotatable bonds is 4. The highest BCUT2D eigenvalue weighted by Gasteiger charge is 2.46. The van der Waals surface area contributed by atoms with Gasteiger partial charge in [0, 0.05) is 5.56 Å². The number of carbonyl (C=O) groups excluding carboxylic acids is 1. The third-order valence-electron chi connectivity index (χ3n) is 4.06. The van der Waals surface area contributed by atoms with Crippen LogP contribution in [0.2, 0.25) is 0 Å². The lowest BCUT2D eigenvalue weighted by Crippen LogP contribution is -2.27. The Morgan fingerprint density at radius 3 is 2.82 bits per heavy atom. The van der Waals surface area contributed by atoms with Crippen LogP contribution in [0.4, 0.5) is 0 Å². The number of nitrogens with zero attached hydrogens (tertiary/aromatic N) is 4. The van der Waals surface area contributed by atoms with E-state index in [0.29, 0.717) is 11.3 Å². The van der Waals surface area contributed by atoms with E-state index >= 15 is 0 Å². The standard InChI is InChI=1S/C16H17N5O/c1-11-5-3-4-6-13(11)15(22)18-12(2)14-9-21(20-19-14)16(10-17)7-8-16/h3-6,9,12H,7-8H2,1-2H3,(H,18,22)/t12-/m0/s1. The number of aromatic nitrogens is 3. The molecular formula is C16H17N5O. The first-order valence-electron chi connectivity index (χ1n) is 7.26. The van der Waals surface area contributed by atoms with Gasteiger partial charge < -0.3 is 5.32 Å². The van der Waals surface area contributed by atoms with Crippen LogP contribution in [-0.4, -0.2) is 20.9 Å².